The quantitative estimate of drug-likeness (QED) is 0.491. The Kier molecular flexibility index (Phi) is 7.22. The molecule has 1 unspecified atom stereocenters. The Bertz CT molecular complexity index is 628. The van der Waals surface area contributed by atoms with E-state index in [0.717, 1.165) is 31.3 Å². The van der Waals surface area contributed by atoms with E-state index >= 15 is 0 Å². The van der Waals surface area contributed by atoms with Gasteiger partial charge in [-0.1, -0.05) is 13.3 Å². The molecule has 6 heteroatoms. The Morgan fingerprint density at radius 3 is 2.60 bits per heavy atom. The molecule has 1 aromatic carbocycles. The number of carbonyl (C=O) groups excluding carboxylic acids is 1. The van der Waals surface area contributed by atoms with Crippen LogP contribution in [0.4, 0.5) is 8.78 Å². The second kappa shape index (κ2) is 9.39. The molecule has 0 amide bonds. The lowest BCUT2D eigenvalue weighted by Crippen LogP contribution is -2.15. The monoisotopic (exact) mass is 354 g/mol. The number of rotatable bonds is 8. The molecule has 0 radical (unpaired) electrons. The van der Waals surface area contributed by atoms with Gasteiger partial charge in [0, 0.05) is 6.42 Å². The van der Waals surface area contributed by atoms with Crippen molar-refractivity contribution in [3.05, 3.63) is 35.6 Å². The Balaban J connectivity index is 1.86. The third kappa shape index (κ3) is 5.44. The van der Waals surface area contributed by atoms with Crippen LogP contribution in [0, 0.1) is 11.6 Å². The maximum atomic E-state index is 13.9. The molecular formula is C19H24F2O4. The lowest BCUT2D eigenvalue weighted by molar-refractivity contribution is -0.134. The van der Waals surface area contributed by atoms with Gasteiger partial charge < -0.3 is 14.2 Å². The average Bonchev–Trinajstić information content (AvgIpc) is 2.61. The zero-order chi connectivity index (χ0) is 18.2. The molecular weight excluding hydrogens is 330 g/mol. The van der Waals surface area contributed by atoms with Crippen LogP contribution in [0.5, 0.6) is 11.5 Å². The van der Waals surface area contributed by atoms with E-state index in [2.05, 4.69) is 6.92 Å². The molecule has 0 spiro atoms. The summed E-state index contributed by atoms with van der Waals surface area (Å²) in [5, 5.41) is 0. The zero-order valence-corrected chi connectivity index (χ0v) is 14.6. The average molecular weight is 354 g/mol. The first-order valence-electron chi connectivity index (χ1n) is 8.70. The first kappa shape index (κ1) is 19.2. The Morgan fingerprint density at radius 2 is 1.96 bits per heavy atom. The van der Waals surface area contributed by atoms with Gasteiger partial charge in [-0.25, -0.2) is 0 Å². The van der Waals surface area contributed by atoms with Gasteiger partial charge in [0.1, 0.15) is 0 Å². The maximum Gasteiger partial charge on any atom is 0.311 e. The van der Waals surface area contributed by atoms with Gasteiger partial charge in [-0.2, -0.15) is 8.78 Å². The molecule has 0 fully saturated rings. The molecule has 1 aliphatic rings. The largest absolute Gasteiger partial charge is 0.498 e. The number of halogens is 2. The predicted octanol–water partition coefficient (Wildman–Crippen LogP) is 4.91. The molecule has 0 saturated carbocycles. The van der Waals surface area contributed by atoms with Crippen LogP contribution in [0.2, 0.25) is 0 Å². The molecule has 25 heavy (non-hydrogen) atoms. The summed E-state index contributed by atoms with van der Waals surface area (Å²) >= 11 is 0. The van der Waals surface area contributed by atoms with E-state index < -0.39 is 23.4 Å². The minimum absolute atomic E-state index is 0.0852. The summed E-state index contributed by atoms with van der Waals surface area (Å²) in [5.74, 6) is -3.62. The molecule has 0 saturated heterocycles. The van der Waals surface area contributed by atoms with E-state index in [0.29, 0.717) is 6.42 Å². The van der Waals surface area contributed by atoms with Gasteiger partial charge in [0.15, 0.2) is 11.5 Å². The highest BCUT2D eigenvalue weighted by Crippen LogP contribution is 2.28. The molecule has 1 aliphatic heterocycles. The lowest BCUT2D eigenvalue weighted by Gasteiger charge is -2.22. The third-order valence-electron chi connectivity index (χ3n) is 4.01. The lowest BCUT2D eigenvalue weighted by atomic mass is 9.99. The van der Waals surface area contributed by atoms with E-state index in [1.54, 1.807) is 13.2 Å². The SMILES string of the molecule is CCCC1CCC(CCC(=O)Oc2ccc(OCC)c(F)c2F)=CO1. The van der Waals surface area contributed by atoms with Crippen molar-refractivity contribution >= 4 is 5.97 Å². The van der Waals surface area contributed by atoms with E-state index in [1.807, 2.05) is 0 Å². The van der Waals surface area contributed by atoms with Crippen molar-refractivity contribution in [2.75, 3.05) is 6.61 Å². The van der Waals surface area contributed by atoms with Crippen LogP contribution >= 0.6 is 0 Å². The van der Waals surface area contributed by atoms with Crippen molar-refractivity contribution in [1.29, 1.82) is 0 Å². The highest BCUT2D eigenvalue weighted by molar-refractivity contribution is 5.72. The molecule has 1 aromatic rings. The Hall–Kier alpha value is -2.11. The minimum atomic E-state index is -1.22. The van der Waals surface area contributed by atoms with Crippen LogP contribution in [-0.4, -0.2) is 18.7 Å². The number of hydrogen-bond donors (Lipinski definition) is 0. The van der Waals surface area contributed by atoms with Crippen LogP contribution in [0.3, 0.4) is 0 Å². The van der Waals surface area contributed by atoms with E-state index in [9.17, 15) is 13.6 Å². The van der Waals surface area contributed by atoms with Gasteiger partial charge in [-0.15, -0.1) is 0 Å². The van der Waals surface area contributed by atoms with Gasteiger partial charge >= 0.3 is 5.97 Å². The third-order valence-corrected chi connectivity index (χ3v) is 4.01. The van der Waals surface area contributed by atoms with Gasteiger partial charge in [0.25, 0.3) is 0 Å². The smallest absolute Gasteiger partial charge is 0.311 e. The number of esters is 1. The summed E-state index contributed by atoms with van der Waals surface area (Å²) in [7, 11) is 0. The van der Waals surface area contributed by atoms with Crippen LogP contribution in [-0.2, 0) is 9.53 Å². The number of benzene rings is 1. The minimum Gasteiger partial charge on any atom is -0.498 e. The van der Waals surface area contributed by atoms with E-state index in [-0.39, 0.29) is 24.9 Å². The highest BCUT2D eigenvalue weighted by atomic mass is 19.2. The second-order valence-electron chi connectivity index (χ2n) is 5.96. The molecule has 4 nitrogen and oxygen atoms in total. The van der Waals surface area contributed by atoms with Crippen LogP contribution < -0.4 is 9.47 Å². The molecule has 0 aromatic heterocycles. The fourth-order valence-electron chi connectivity index (χ4n) is 2.68. The summed E-state index contributed by atoms with van der Waals surface area (Å²) in [6.45, 7) is 3.99. The number of carbonyl (C=O) groups is 1. The topological polar surface area (TPSA) is 44.8 Å². The zero-order valence-electron chi connectivity index (χ0n) is 14.6. The van der Waals surface area contributed by atoms with Crippen molar-refractivity contribution in [2.24, 2.45) is 0 Å². The predicted molar refractivity (Wildman–Crippen MR) is 89.5 cm³/mol. The van der Waals surface area contributed by atoms with Gasteiger partial charge in [-0.3, -0.25) is 4.79 Å². The van der Waals surface area contributed by atoms with Crippen LogP contribution in [0.1, 0.15) is 52.4 Å². The highest BCUT2D eigenvalue weighted by Gasteiger charge is 2.19. The number of hydrogen-bond acceptors (Lipinski definition) is 4. The van der Waals surface area contributed by atoms with Crippen LogP contribution in [0.25, 0.3) is 0 Å². The summed E-state index contributed by atoms with van der Waals surface area (Å²) in [4.78, 5) is 11.9. The molecule has 2 rings (SSSR count). The fraction of sp³-hybridized carbons (Fsp3) is 0.526. The summed E-state index contributed by atoms with van der Waals surface area (Å²) < 4.78 is 43.2. The maximum absolute atomic E-state index is 13.9. The Morgan fingerprint density at radius 1 is 1.24 bits per heavy atom. The Labute approximate surface area is 146 Å². The van der Waals surface area contributed by atoms with Gasteiger partial charge in [0.2, 0.25) is 11.6 Å². The van der Waals surface area contributed by atoms with E-state index in [4.69, 9.17) is 14.2 Å². The number of allylic oxidation sites excluding steroid dienone is 1. The molecule has 1 atom stereocenters. The van der Waals surface area contributed by atoms with Gasteiger partial charge in [-0.05, 0) is 50.3 Å². The fourth-order valence-corrected chi connectivity index (χ4v) is 2.68. The molecule has 0 bridgehead atoms. The van der Waals surface area contributed by atoms with Crippen molar-refractivity contribution in [2.45, 2.75) is 58.5 Å². The van der Waals surface area contributed by atoms with Crippen molar-refractivity contribution in [3.63, 3.8) is 0 Å². The van der Waals surface area contributed by atoms with Crippen LogP contribution in [0.15, 0.2) is 24.0 Å². The summed E-state index contributed by atoms with van der Waals surface area (Å²) in [6.07, 6.45) is 6.45. The summed E-state index contributed by atoms with van der Waals surface area (Å²) in [6, 6.07) is 2.44. The first-order chi connectivity index (χ1) is 12.0. The summed E-state index contributed by atoms with van der Waals surface area (Å²) in [5.41, 5.74) is 1.03. The number of ether oxygens (including phenoxy) is 3. The van der Waals surface area contributed by atoms with Crippen molar-refractivity contribution in [1.82, 2.24) is 0 Å². The van der Waals surface area contributed by atoms with E-state index in [1.165, 1.54) is 12.1 Å². The van der Waals surface area contributed by atoms with Crippen molar-refractivity contribution in [3.8, 4) is 11.5 Å². The normalized spacial score (nSPS) is 16.8. The molecule has 0 aliphatic carbocycles. The standard InChI is InChI=1S/C19H24F2O4/c1-3-5-14-8-6-13(12-24-14)7-11-17(22)25-16-10-9-15(23-4-2)18(20)19(16)21/h9-10,12,14H,3-8,11H2,1-2H3. The first-order valence-corrected chi connectivity index (χ1v) is 8.70. The van der Waals surface area contributed by atoms with Crippen molar-refractivity contribution < 1.29 is 27.8 Å². The molecule has 0 N–H and O–H groups in total. The molecule has 138 valence electrons. The second-order valence-corrected chi connectivity index (χ2v) is 5.96. The van der Waals surface area contributed by atoms with Gasteiger partial charge in [0.05, 0.1) is 19.0 Å². The molecule has 1 heterocycles.